The highest BCUT2D eigenvalue weighted by molar-refractivity contribution is 5.12. The number of rotatable bonds is 2. The minimum absolute atomic E-state index is 0.181. The van der Waals surface area contributed by atoms with Crippen LogP contribution in [0.1, 0.15) is 39.6 Å². The van der Waals surface area contributed by atoms with Crippen molar-refractivity contribution in [2.24, 2.45) is 0 Å². The summed E-state index contributed by atoms with van der Waals surface area (Å²) >= 11 is 0. The van der Waals surface area contributed by atoms with Crippen molar-refractivity contribution in [2.75, 3.05) is 6.61 Å². The van der Waals surface area contributed by atoms with Gasteiger partial charge in [0, 0.05) is 0 Å². The van der Waals surface area contributed by atoms with Gasteiger partial charge in [-0.1, -0.05) is 0 Å². The van der Waals surface area contributed by atoms with Crippen LogP contribution >= 0.6 is 0 Å². The van der Waals surface area contributed by atoms with E-state index in [2.05, 4.69) is 0 Å². The maximum Gasteiger partial charge on any atom is 0.164 e. The summed E-state index contributed by atoms with van der Waals surface area (Å²) in [5, 5.41) is 0. The normalized spacial score (nSPS) is 42.6. The SMILES string of the molecule is CC1(C)O[C@H]2[C@@H]([C@@H]3COC(C)(C)O3)O[C@H](c3ccco3)[C@H]2O1. The molecule has 0 radical (unpaired) electrons. The number of hydrogen-bond donors (Lipinski definition) is 0. The lowest BCUT2D eigenvalue weighted by atomic mass is 10.0. The summed E-state index contributed by atoms with van der Waals surface area (Å²) in [6.45, 7) is 8.11. The van der Waals surface area contributed by atoms with E-state index in [0.717, 1.165) is 5.76 Å². The summed E-state index contributed by atoms with van der Waals surface area (Å²) in [7, 11) is 0. The summed E-state index contributed by atoms with van der Waals surface area (Å²) in [5.74, 6) is -0.490. The van der Waals surface area contributed by atoms with Gasteiger partial charge in [0.1, 0.15) is 36.3 Å². The van der Waals surface area contributed by atoms with Crippen LogP contribution in [0.4, 0.5) is 0 Å². The highest BCUT2D eigenvalue weighted by Gasteiger charge is 2.59. The third kappa shape index (κ3) is 2.39. The molecule has 0 unspecified atom stereocenters. The third-order valence-corrected chi connectivity index (χ3v) is 4.31. The van der Waals surface area contributed by atoms with Gasteiger partial charge in [0.05, 0.1) is 12.9 Å². The van der Waals surface area contributed by atoms with Gasteiger partial charge in [-0.15, -0.1) is 0 Å². The predicted molar refractivity (Wildman–Crippen MR) is 75.1 cm³/mol. The molecule has 0 aliphatic carbocycles. The molecule has 4 rings (SSSR count). The van der Waals surface area contributed by atoms with Crippen LogP contribution in [0.2, 0.25) is 0 Å². The minimum atomic E-state index is -0.642. The molecule has 6 nitrogen and oxygen atoms in total. The molecule has 22 heavy (non-hydrogen) atoms. The lowest BCUT2D eigenvalue weighted by molar-refractivity contribution is -0.208. The molecule has 3 fully saturated rings. The number of fused-ring (bicyclic) bond motifs is 1. The van der Waals surface area contributed by atoms with Crippen molar-refractivity contribution in [2.45, 2.75) is 69.8 Å². The Hall–Kier alpha value is -0.920. The molecule has 0 aromatic carbocycles. The molecular weight excluding hydrogens is 288 g/mol. The zero-order valence-electron chi connectivity index (χ0n) is 13.3. The number of hydrogen-bond acceptors (Lipinski definition) is 6. The first kappa shape index (κ1) is 14.7. The standard InChI is InChI=1S/C16H22O6/c1-15(2)18-8-10(20-15)12-14-13(21-16(3,4)22-14)11(19-12)9-6-5-7-17-9/h5-7,10-14H,8H2,1-4H3/t10-,11+,12+,13+,14-/m0/s1. The van der Waals surface area contributed by atoms with E-state index in [1.54, 1.807) is 6.26 Å². The Morgan fingerprint density at radius 3 is 2.36 bits per heavy atom. The molecule has 0 bridgehead atoms. The molecule has 1 aromatic heterocycles. The van der Waals surface area contributed by atoms with E-state index in [0.29, 0.717) is 6.61 Å². The molecule has 6 heteroatoms. The Bertz CT molecular complexity index is 537. The highest BCUT2D eigenvalue weighted by Crippen LogP contribution is 2.47. The Labute approximate surface area is 129 Å². The first-order chi connectivity index (χ1) is 10.3. The fourth-order valence-electron chi connectivity index (χ4n) is 3.49. The van der Waals surface area contributed by atoms with Crippen LogP contribution in [-0.2, 0) is 23.7 Å². The van der Waals surface area contributed by atoms with Gasteiger partial charge < -0.3 is 28.1 Å². The van der Waals surface area contributed by atoms with Crippen LogP contribution < -0.4 is 0 Å². The topological polar surface area (TPSA) is 59.3 Å². The Balaban J connectivity index is 1.60. The lowest BCUT2D eigenvalue weighted by Crippen LogP contribution is -2.40. The average molecular weight is 310 g/mol. The average Bonchev–Trinajstić information content (AvgIpc) is 3.12. The molecule has 4 heterocycles. The molecule has 122 valence electrons. The fourth-order valence-corrected chi connectivity index (χ4v) is 3.49. The number of ether oxygens (including phenoxy) is 5. The van der Waals surface area contributed by atoms with E-state index < -0.39 is 11.6 Å². The van der Waals surface area contributed by atoms with Crippen molar-refractivity contribution in [1.82, 2.24) is 0 Å². The predicted octanol–water partition coefficient (Wildman–Crippen LogP) is 2.39. The third-order valence-electron chi connectivity index (χ3n) is 4.31. The highest BCUT2D eigenvalue weighted by atomic mass is 16.8. The molecule has 0 N–H and O–H groups in total. The zero-order chi connectivity index (χ0) is 15.5. The summed E-state index contributed by atoms with van der Waals surface area (Å²) < 4.78 is 35.5. The van der Waals surface area contributed by atoms with Gasteiger partial charge in [-0.3, -0.25) is 0 Å². The summed E-state index contributed by atoms with van der Waals surface area (Å²) in [6.07, 6.45) is 0.508. The molecular formula is C16H22O6. The molecule has 3 aliphatic heterocycles. The van der Waals surface area contributed by atoms with Crippen molar-refractivity contribution in [3.8, 4) is 0 Å². The first-order valence-electron chi connectivity index (χ1n) is 7.71. The van der Waals surface area contributed by atoms with Crippen LogP contribution in [0.3, 0.4) is 0 Å². The lowest BCUT2D eigenvalue weighted by Gasteiger charge is -2.26. The van der Waals surface area contributed by atoms with Crippen LogP contribution in [0, 0.1) is 0 Å². The van der Waals surface area contributed by atoms with Gasteiger partial charge in [0.15, 0.2) is 11.6 Å². The second-order valence-electron chi connectivity index (χ2n) is 6.97. The second kappa shape index (κ2) is 4.79. The van der Waals surface area contributed by atoms with Crippen molar-refractivity contribution >= 4 is 0 Å². The quantitative estimate of drug-likeness (QED) is 0.836. The van der Waals surface area contributed by atoms with Crippen LogP contribution in [0.25, 0.3) is 0 Å². The first-order valence-corrected chi connectivity index (χ1v) is 7.71. The van der Waals surface area contributed by atoms with Crippen molar-refractivity contribution in [3.63, 3.8) is 0 Å². The molecule has 0 amide bonds. The number of furan rings is 1. The molecule has 0 spiro atoms. The van der Waals surface area contributed by atoms with Gasteiger partial charge in [0.25, 0.3) is 0 Å². The zero-order valence-corrected chi connectivity index (χ0v) is 13.3. The Morgan fingerprint density at radius 1 is 0.955 bits per heavy atom. The van der Waals surface area contributed by atoms with E-state index in [1.807, 2.05) is 39.8 Å². The van der Waals surface area contributed by atoms with E-state index in [-0.39, 0.29) is 30.5 Å². The van der Waals surface area contributed by atoms with Gasteiger partial charge in [-0.2, -0.15) is 0 Å². The van der Waals surface area contributed by atoms with Crippen molar-refractivity contribution in [1.29, 1.82) is 0 Å². The van der Waals surface area contributed by atoms with Gasteiger partial charge in [0.2, 0.25) is 0 Å². The fraction of sp³-hybridized carbons (Fsp3) is 0.750. The van der Waals surface area contributed by atoms with Crippen LogP contribution in [0.5, 0.6) is 0 Å². The maximum absolute atomic E-state index is 6.19. The Kier molecular flexibility index (Phi) is 3.19. The molecule has 0 saturated carbocycles. The van der Waals surface area contributed by atoms with Crippen LogP contribution in [0.15, 0.2) is 22.8 Å². The van der Waals surface area contributed by atoms with Gasteiger partial charge >= 0.3 is 0 Å². The second-order valence-corrected chi connectivity index (χ2v) is 6.97. The van der Waals surface area contributed by atoms with E-state index in [4.69, 9.17) is 28.1 Å². The summed E-state index contributed by atoms with van der Waals surface area (Å²) in [4.78, 5) is 0. The summed E-state index contributed by atoms with van der Waals surface area (Å²) in [6, 6.07) is 3.75. The minimum Gasteiger partial charge on any atom is -0.466 e. The van der Waals surface area contributed by atoms with Gasteiger partial charge in [-0.25, -0.2) is 0 Å². The largest absolute Gasteiger partial charge is 0.466 e. The molecule has 1 aromatic rings. The molecule has 5 atom stereocenters. The van der Waals surface area contributed by atoms with Crippen LogP contribution in [-0.4, -0.2) is 42.6 Å². The monoisotopic (exact) mass is 310 g/mol. The van der Waals surface area contributed by atoms with Crippen molar-refractivity contribution in [3.05, 3.63) is 24.2 Å². The summed E-state index contributed by atoms with van der Waals surface area (Å²) in [5.41, 5.74) is 0. The van der Waals surface area contributed by atoms with E-state index in [9.17, 15) is 0 Å². The van der Waals surface area contributed by atoms with Crippen molar-refractivity contribution < 1.29 is 28.1 Å². The smallest absolute Gasteiger partial charge is 0.164 e. The van der Waals surface area contributed by atoms with Gasteiger partial charge in [-0.05, 0) is 39.8 Å². The van der Waals surface area contributed by atoms with E-state index >= 15 is 0 Å². The van der Waals surface area contributed by atoms with E-state index in [1.165, 1.54) is 0 Å². The Morgan fingerprint density at radius 2 is 1.73 bits per heavy atom. The molecule has 3 saturated heterocycles. The maximum atomic E-state index is 6.19. The molecule has 3 aliphatic rings.